The van der Waals surface area contributed by atoms with Gasteiger partial charge in [0.25, 0.3) is 0 Å². The molecule has 1 aliphatic rings. The lowest BCUT2D eigenvalue weighted by atomic mass is 9.81. The monoisotopic (exact) mass is 256 g/mol. The number of thiocarbonyl (C=S) groups is 1. The van der Waals surface area contributed by atoms with Gasteiger partial charge < -0.3 is 10.6 Å². The lowest BCUT2D eigenvalue weighted by Gasteiger charge is -2.33. The van der Waals surface area contributed by atoms with Gasteiger partial charge in [0.2, 0.25) is 5.91 Å². The Balaban J connectivity index is 2.66. The minimum Gasteiger partial charge on any atom is -0.393 e. The molecule has 2 atom stereocenters. The molecule has 1 aliphatic carbocycles. The maximum absolute atomic E-state index is 12.4. The molecule has 2 N–H and O–H groups in total. The fourth-order valence-electron chi connectivity index (χ4n) is 2.68. The summed E-state index contributed by atoms with van der Waals surface area (Å²) in [5.41, 5.74) is 5.66. The molecule has 2 unspecified atom stereocenters. The number of nitrogens with two attached hydrogens (primary N) is 1. The third-order valence-electron chi connectivity index (χ3n) is 4.06. The van der Waals surface area contributed by atoms with Crippen molar-refractivity contribution in [3.63, 3.8) is 0 Å². The molecule has 0 bridgehead atoms. The quantitative estimate of drug-likeness (QED) is 0.785. The molecule has 0 radical (unpaired) electrons. The summed E-state index contributed by atoms with van der Waals surface area (Å²) in [4.78, 5) is 14.7. The molecule has 0 aromatic rings. The molecule has 4 heteroatoms. The lowest BCUT2D eigenvalue weighted by molar-refractivity contribution is -0.138. The molecule has 0 aromatic heterocycles. The summed E-state index contributed by atoms with van der Waals surface area (Å²) in [5.74, 6) is 0.401. The largest absolute Gasteiger partial charge is 0.393 e. The van der Waals surface area contributed by atoms with Gasteiger partial charge in [-0.05, 0) is 25.2 Å². The fourth-order valence-corrected chi connectivity index (χ4v) is 2.92. The third kappa shape index (κ3) is 3.41. The van der Waals surface area contributed by atoms with Crippen LogP contribution in [0.2, 0.25) is 0 Å². The summed E-state index contributed by atoms with van der Waals surface area (Å²) < 4.78 is 0. The number of hydrogen-bond donors (Lipinski definition) is 1. The van der Waals surface area contributed by atoms with Crippen LogP contribution < -0.4 is 5.73 Å². The zero-order valence-corrected chi connectivity index (χ0v) is 12.1. The first-order valence-corrected chi connectivity index (χ1v) is 6.71. The molecule has 0 spiro atoms. The van der Waals surface area contributed by atoms with E-state index in [1.807, 2.05) is 18.9 Å². The predicted octanol–water partition coefficient (Wildman–Crippen LogP) is 2.34. The van der Waals surface area contributed by atoms with Crippen LogP contribution in [0.15, 0.2) is 0 Å². The van der Waals surface area contributed by atoms with E-state index in [-0.39, 0.29) is 23.3 Å². The Hall–Kier alpha value is -0.640. The first-order chi connectivity index (χ1) is 7.75. The van der Waals surface area contributed by atoms with Crippen LogP contribution in [0.3, 0.4) is 0 Å². The smallest absolute Gasteiger partial charge is 0.226 e. The van der Waals surface area contributed by atoms with Crippen LogP contribution in [0.4, 0.5) is 0 Å². The highest BCUT2D eigenvalue weighted by molar-refractivity contribution is 7.80. The molecule has 0 heterocycles. The van der Waals surface area contributed by atoms with Gasteiger partial charge in [0, 0.05) is 25.4 Å². The van der Waals surface area contributed by atoms with Gasteiger partial charge in [-0.15, -0.1) is 0 Å². The molecule has 0 aromatic carbocycles. The highest BCUT2D eigenvalue weighted by atomic mass is 32.1. The Kier molecular flexibility index (Phi) is 4.53. The van der Waals surface area contributed by atoms with Crippen molar-refractivity contribution in [2.45, 2.75) is 52.5 Å². The van der Waals surface area contributed by atoms with Gasteiger partial charge in [0.1, 0.15) is 0 Å². The summed E-state index contributed by atoms with van der Waals surface area (Å²) in [6, 6.07) is 0.0939. The second-order valence-corrected chi connectivity index (χ2v) is 6.43. The summed E-state index contributed by atoms with van der Waals surface area (Å²) in [5, 5.41) is 0. The second-order valence-electron chi connectivity index (χ2n) is 5.90. The summed E-state index contributed by atoms with van der Waals surface area (Å²) in [6.07, 6.45) is 3.91. The SMILES string of the molecule is CC(CC(N)=S)N(C)C(=O)C1CCCC1(C)C. The van der Waals surface area contributed by atoms with Crippen LogP contribution in [-0.2, 0) is 4.79 Å². The van der Waals surface area contributed by atoms with Crippen LogP contribution >= 0.6 is 12.2 Å². The van der Waals surface area contributed by atoms with Crippen molar-refractivity contribution in [2.24, 2.45) is 17.1 Å². The van der Waals surface area contributed by atoms with Crippen LogP contribution in [0.1, 0.15) is 46.5 Å². The molecule has 1 saturated carbocycles. The van der Waals surface area contributed by atoms with E-state index in [1.54, 1.807) is 0 Å². The van der Waals surface area contributed by atoms with E-state index in [9.17, 15) is 4.79 Å². The molecule has 1 amide bonds. The number of nitrogens with zero attached hydrogens (tertiary/aromatic N) is 1. The first-order valence-electron chi connectivity index (χ1n) is 6.30. The van der Waals surface area contributed by atoms with E-state index in [0.717, 1.165) is 19.3 Å². The molecule has 17 heavy (non-hydrogen) atoms. The third-order valence-corrected chi connectivity index (χ3v) is 4.23. The molecule has 1 fully saturated rings. The van der Waals surface area contributed by atoms with Crippen molar-refractivity contribution in [2.75, 3.05) is 7.05 Å². The molecule has 98 valence electrons. The molecular weight excluding hydrogens is 232 g/mol. The predicted molar refractivity (Wildman–Crippen MR) is 74.8 cm³/mol. The van der Waals surface area contributed by atoms with Gasteiger partial charge in [-0.3, -0.25) is 4.79 Å². The highest BCUT2D eigenvalue weighted by Gasteiger charge is 2.41. The van der Waals surface area contributed by atoms with Gasteiger partial charge >= 0.3 is 0 Å². The summed E-state index contributed by atoms with van der Waals surface area (Å²) in [7, 11) is 1.86. The van der Waals surface area contributed by atoms with Gasteiger partial charge in [-0.25, -0.2) is 0 Å². The number of amides is 1. The van der Waals surface area contributed by atoms with Crippen LogP contribution in [0.5, 0.6) is 0 Å². The first kappa shape index (κ1) is 14.4. The Morgan fingerprint density at radius 2 is 2.18 bits per heavy atom. The molecule has 0 aliphatic heterocycles. The van der Waals surface area contributed by atoms with Gasteiger partial charge in [0.05, 0.1) is 4.99 Å². The van der Waals surface area contributed by atoms with E-state index < -0.39 is 0 Å². The van der Waals surface area contributed by atoms with E-state index in [1.165, 1.54) is 0 Å². The maximum atomic E-state index is 12.4. The Morgan fingerprint density at radius 1 is 1.59 bits per heavy atom. The van der Waals surface area contributed by atoms with Crippen molar-refractivity contribution in [1.29, 1.82) is 0 Å². The molecule has 1 rings (SSSR count). The Morgan fingerprint density at radius 3 is 2.59 bits per heavy atom. The topological polar surface area (TPSA) is 46.3 Å². The van der Waals surface area contributed by atoms with Crippen molar-refractivity contribution >= 4 is 23.1 Å². The van der Waals surface area contributed by atoms with Crippen LogP contribution in [0, 0.1) is 11.3 Å². The van der Waals surface area contributed by atoms with Crippen molar-refractivity contribution in [1.82, 2.24) is 4.90 Å². The van der Waals surface area contributed by atoms with Gasteiger partial charge in [0.15, 0.2) is 0 Å². The minimum absolute atomic E-state index is 0.0939. The molecule has 3 nitrogen and oxygen atoms in total. The zero-order chi connectivity index (χ0) is 13.2. The molecular formula is C13H24N2OS. The van der Waals surface area contributed by atoms with E-state index in [4.69, 9.17) is 18.0 Å². The highest BCUT2D eigenvalue weighted by Crippen LogP contribution is 2.43. The van der Waals surface area contributed by atoms with Crippen molar-refractivity contribution < 1.29 is 4.79 Å². The Bertz CT molecular complexity index is 315. The van der Waals surface area contributed by atoms with E-state index in [0.29, 0.717) is 11.4 Å². The number of carbonyl (C=O) groups is 1. The minimum atomic E-state index is 0.0939. The Labute approximate surface area is 110 Å². The average molecular weight is 256 g/mol. The second kappa shape index (κ2) is 5.34. The average Bonchev–Trinajstić information content (AvgIpc) is 2.54. The normalized spacial score (nSPS) is 24.4. The fraction of sp³-hybridized carbons (Fsp3) is 0.846. The standard InChI is InChI=1S/C13H24N2OS/c1-9(8-11(14)17)15(4)12(16)10-6-5-7-13(10,2)3/h9-10H,5-8H2,1-4H3,(H2,14,17). The van der Waals surface area contributed by atoms with Gasteiger partial charge in [-0.1, -0.05) is 32.5 Å². The number of rotatable bonds is 4. The lowest BCUT2D eigenvalue weighted by Crippen LogP contribution is -2.43. The summed E-state index contributed by atoms with van der Waals surface area (Å²) >= 11 is 4.90. The van der Waals surface area contributed by atoms with E-state index >= 15 is 0 Å². The van der Waals surface area contributed by atoms with Crippen LogP contribution in [0.25, 0.3) is 0 Å². The van der Waals surface area contributed by atoms with Crippen LogP contribution in [-0.4, -0.2) is 28.9 Å². The number of carbonyl (C=O) groups excluding carboxylic acids is 1. The maximum Gasteiger partial charge on any atom is 0.226 e. The van der Waals surface area contributed by atoms with Crippen molar-refractivity contribution in [3.05, 3.63) is 0 Å². The summed E-state index contributed by atoms with van der Waals surface area (Å²) in [6.45, 7) is 6.38. The number of hydrogen-bond acceptors (Lipinski definition) is 2. The zero-order valence-electron chi connectivity index (χ0n) is 11.3. The molecule has 0 saturated heterocycles. The van der Waals surface area contributed by atoms with E-state index in [2.05, 4.69) is 13.8 Å². The van der Waals surface area contributed by atoms with Crippen molar-refractivity contribution in [3.8, 4) is 0 Å². The van der Waals surface area contributed by atoms with Gasteiger partial charge in [-0.2, -0.15) is 0 Å².